The number of anilines is 1. The van der Waals surface area contributed by atoms with Gasteiger partial charge in [-0.1, -0.05) is 24.3 Å². The first-order valence-corrected chi connectivity index (χ1v) is 20.3. The molecule has 11 heteroatoms. The first-order valence-electron chi connectivity index (χ1n) is 16.9. The maximum atomic E-state index is 15.1. The van der Waals surface area contributed by atoms with Gasteiger partial charge in [-0.3, -0.25) is 4.90 Å². The molecule has 0 bridgehead atoms. The lowest BCUT2D eigenvalue weighted by atomic mass is 9.99. The Hall–Kier alpha value is -3.41. The van der Waals surface area contributed by atoms with E-state index in [9.17, 15) is 4.79 Å². The lowest BCUT2D eigenvalue weighted by Crippen LogP contribution is -2.55. The van der Waals surface area contributed by atoms with Gasteiger partial charge < -0.3 is 28.3 Å². The van der Waals surface area contributed by atoms with Gasteiger partial charge in [0, 0.05) is 63.5 Å². The molecule has 0 saturated carbocycles. The third kappa shape index (κ3) is 9.36. The maximum Gasteiger partial charge on any atom is 0.410 e. The standard InChI is InChI=1S/C23H27FN4O.C13H25NO3Si/c1-26-22-8-3-2-7-20(22)25-23(26)17-5-4-6-18(15-17)28-10-9-21(19(24)16-28)27-11-13-29-14-12-27;1-13(2,3)16-12(15)14-9-7-11(8-10-14)17-18(4,5)6/h2-8,15,19,21H,9-14,16H2,1H3;7H,8-10H2,1-6H3. The number of aromatic nitrogens is 2. The Morgan fingerprint density at radius 1 is 1.02 bits per heavy atom. The Morgan fingerprint density at radius 3 is 2.40 bits per heavy atom. The summed E-state index contributed by atoms with van der Waals surface area (Å²) in [5.41, 5.74) is 3.80. The Bertz CT molecular complexity index is 1540. The minimum atomic E-state index is -1.54. The van der Waals surface area contributed by atoms with Gasteiger partial charge in [-0.25, -0.2) is 14.2 Å². The van der Waals surface area contributed by atoms with Gasteiger partial charge in [0.15, 0.2) is 0 Å². The van der Waals surface area contributed by atoms with Crippen LogP contribution in [0.25, 0.3) is 22.4 Å². The van der Waals surface area contributed by atoms with Crippen LogP contribution >= 0.6 is 0 Å². The number of hydrogen-bond acceptors (Lipinski definition) is 7. The van der Waals surface area contributed by atoms with Gasteiger partial charge >= 0.3 is 6.09 Å². The first kappa shape index (κ1) is 34.9. The van der Waals surface area contributed by atoms with E-state index in [-0.39, 0.29) is 12.1 Å². The zero-order valence-electron chi connectivity index (χ0n) is 29.2. The highest BCUT2D eigenvalue weighted by molar-refractivity contribution is 6.70. The predicted octanol–water partition coefficient (Wildman–Crippen LogP) is 6.85. The van der Waals surface area contributed by atoms with Gasteiger partial charge in [-0.2, -0.15) is 0 Å². The van der Waals surface area contributed by atoms with Crippen molar-refractivity contribution in [3.63, 3.8) is 0 Å². The molecule has 3 aromatic rings. The van der Waals surface area contributed by atoms with E-state index in [2.05, 4.69) is 58.3 Å². The predicted molar refractivity (Wildman–Crippen MR) is 189 cm³/mol. The zero-order chi connectivity index (χ0) is 33.8. The monoisotopic (exact) mass is 665 g/mol. The molecule has 9 nitrogen and oxygen atoms in total. The number of benzene rings is 2. The molecule has 0 spiro atoms. The number of alkyl halides is 1. The summed E-state index contributed by atoms with van der Waals surface area (Å²) in [6.07, 6.45) is 2.53. The molecule has 47 heavy (non-hydrogen) atoms. The van der Waals surface area contributed by atoms with Crippen LogP contribution in [-0.2, 0) is 20.9 Å². The fourth-order valence-electron chi connectivity index (χ4n) is 6.32. The lowest BCUT2D eigenvalue weighted by Gasteiger charge is -2.42. The van der Waals surface area contributed by atoms with Crippen molar-refractivity contribution >= 4 is 31.1 Å². The number of ether oxygens (including phenoxy) is 2. The van der Waals surface area contributed by atoms with E-state index < -0.39 is 20.1 Å². The van der Waals surface area contributed by atoms with Crippen LogP contribution < -0.4 is 4.90 Å². The van der Waals surface area contributed by atoms with Crippen molar-refractivity contribution in [3.8, 4) is 11.4 Å². The van der Waals surface area contributed by atoms with Crippen LogP contribution in [0.1, 0.15) is 33.6 Å². The van der Waals surface area contributed by atoms with Crippen LogP contribution in [-0.4, -0.2) is 104 Å². The number of hydrogen-bond donors (Lipinski definition) is 0. The molecule has 2 fully saturated rings. The third-order valence-corrected chi connectivity index (χ3v) is 9.41. The molecule has 0 radical (unpaired) electrons. The molecule has 4 heterocycles. The number of piperidine rings is 1. The third-order valence-electron chi connectivity index (χ3n) is 8.53. The van der Waals surface area contributed by atoms with Gasteiger partial charge in [0.05, 0.1) is 36.6 Å². The highest BCUT2D eigenvalue weighted by Crippen LogP contribution is 2.30. The van der Waals surface area contributed by atoms with E-state index in [1.165, 1.54) is 0 Å². The number of carbonyl (C=O) groups is 1. The molecule has 1 aromatic heterocycles. The topological polar surface area (TPSA) is 72.3 Å². The summed E-state index contributed by atoms with van der Waals surface area (Å²) >= 11 is 0. The summed E-state index contributed by atoms with van der Waals surface area (Å²) in [5, 5.41) is 0. The number of morpholine rings is 1. The molecule has 6 rings (SSSR count). The lowest BCUT2D eigenvalue weighted by molar-refractivity contribution is -0.00821. The fourth-order valence-corrected chi connectivity index (χ4v) is 7.29. The molecule has 2 aromatic carbocycles. The molecule has 2 saturated heterocycles. The minimum absolute atomic E-state index is 0.0122. The van der Waals surface area contributed by atoms with E-state index in [0.717, 1.165) is 66.3 Å². The van der Waals surface area contributed by atoms with E-state index in [1.54, 1.807) is 4.90 Å². The van der Waals surface area contributed by atoms with Crippen LogP contribution in [0, 0.1) is 0 Å². The Labute approximate surface area is 280 Å². The number of carbonyl (C=O) groups excluding carboxylic acids is 1. The quantitative estimate of drug-likeness (QED) is 0.276. The van der Waals surface area contributed by atoms with Crippen molar-refractivity contribution in [2.45, 2.75) is 71.1 Å². The normalized spacial score (nSPS) is 21.1. The molecular weight excluding hydrogens is 614 g/mol. The molecular formula is C36H52FN5O4Si. The van der Waals surface area contributed by atoms with Crippen LogP contribution in [0.15, 0.2) is 60.4 Å². The smallest absolute Gasteiger partial charge is 0.410 e. The van der Waals surface area contributed by atoms with E-state index in [4.69, 9.17) is 18.9 Å². The van der Waals surface area contributed by atoms with Gasteiger partial charge in [-0.05, 0) is 77.2 Å². The summed E-state index contributed by atoms with van der Waals surface area (Å²) in [5.74, 6) is 1.96. The zero-order valence-corrected chi connectivity index (χ0v) is 30.2. The van der Waals surface area contributed by atoms with Crippen LogP contribution in [0.5, 0.6) is 0 Å². The number of fused-ring (bicyclic) bond motifs is 1. The van der Waals surface area contributed by atoms with Crippen LogP contribution in [0.3, 0.4) is 0 Å². The van der Waals surface area contributed by atoms with Crippen molar-refractivity contribution in [1.29, 1.82) is 0 Å². The molecule has 0 N–H and O–H groups in total. The van der Waals surface area contributed by atoms with E-state index in [1.807, 2.05) is 58.2 Å². The Morgan fingerprint density at radius 2 is 1.77 bits per heavy atom. The number of rotatable bonds is 5. The van der Waals surface area contributed by atoms with Gasteiger partial charge in [0.2, 0.25) is 8.32 Å². The molecule has 256 valence electrons. The summed E-state index contributed by atoms with van der Waals surface area (Å²) in [6.45, 7) is 17.8. The highest BCUT2D eigenvalue weighted by Gasteiger charge is 2.34. The molecule has 0 aliphatic carbocycles. The second kappa shape index (κ2) is 14.8. The second-order valence-electron chi connectivity index (χ2n) is 14.6. The molecule has 1 amide bonds. The fraction of sp³-hybridized carbons (Fsp3) is 0.556. The van der Waals surface area contributed by atoms with Gasteiger partial charge in [0.1, 0.15) is 17.6 Å². The van der Waals surface area contributed by atoms with Crippen molar-refractivity contribution in [2.75, 3.05) is 57.4 Å². The summed E-state index contributed by atoms with van der Waals surface area (Å²) in [6, 6.07) is 16.5. The minimum Gasteiger partial charge on any atom is -0.547 e. The maximum absolute atomic E-state index is 15.1. The number of aryl methyl sites for hydroxylation is 1. The van der Waals surface area contributed by atoms with E-state index >= 15 is 4.39 Å². The van der Waals surface area contributed by atoms with E-state index in [0.29, 0.717) is 32.8 Å². The number of imidazole rings is 1. The van der Waals surface area contributed by atoms with Crippen molar-refractivity contribution in [2.24, 2.45) is 7.05 Å². The number of nitrogens with zero attached hydrogens (tertiary/aromatic N) is 5. The van der Waals surface area contributed by atoms with Gasteiger partial charge in [-0.15, -0.1) is 0 Å². The molecule has 2 atom stereocenters. The van der Waals surface area contributed by atoms with Crippen LogP contribution in [0.4, 0.5) is 14.9 Å². The van der Waals surface area contributed by atoms with Gasteiger partial charge in [0.25, 0.3) is 0 Å². The average molecular weight is 666 g/mol. The molecule has 3 aliphatic rings. The second-order valence-corrected chi connectivity index (χ2v) is 19.0. The molecule has 3 aliphatic heterocycles. The number of halogens is 1. The van der Waals surface area contributed by atoms with Crippen LogP contribution in [0.2, 0.25) is 19.6 Å². The Kier molecular flexibility index (Phi) is 11.0. The number of amides is 1. The summed E-state index contributed by atoms with van der Waals surface area (Å²) in [7, 11) is 0.509. The van der Waals surface area contributed by atoms with Crippen molar-refractivity contribution < 1.29 is 23.1 Å². The Balaban J connectivity index is 0.000000209. The molecule has 2 unspecified atom stereocenters. The van der Waals surface area contributed by atoms with Crippen molar-refractivity contribution in [3.05, 3.63) is 60.4 Å². The van der Waals surface area contributed by atoms with Crippen molar-refractivity contribution in [1.82, 2.24) is 19.4 Å². The SMILES string of the molecule is CC(C)(C)OC(=O)N1CC=C(O[Si](C)(C)C)CC1.Cn1c(-c2cccc(N3CCC(N4CCOCC4)C(F)C3)c2)nc2ccccc21. The summed E-state index contributed by atoms with van der Waals surface area (Å²) in [4.78, 5) is 22.8. The average Bonchev–Trinajstić information content (AvgIpc) is 3.37. The highest BCUT2D eigenvalue weighted by atomic mass is 28.4. The summed E-state index contributed by atoms with van der Waals surface area (Å²) < 4.78 is 33.9. The number of para-hydroxylation sites is 2. The largest absolute Gasteiger partial charge is 0.547 e. The first-order chi connectivity index (χ1) is 22.3.